The van der Waals surface area contributed by atoms with Gasteiger partial charge >= 0.3 is 0 Å². The van der Waals surface area contributed by atoms with Gasteiger partial charge in [-0.15, -0.1) is 0 Å². The molecule has 1 fully saturated rings. The van der Waals surface area contributed by atoms with E-state index in [1.165, 1.54) is 0 Å². The van der Waals surface area contributed by atoms with Crippen molar-refractivity contribution in [3.63, 3.8) is 0 Å². The molecule has 0 saturated heterocycles. The third-order valence-corrected chi connectivity index (χ3v) is 6.91. The summed E-state index contributed by atoms with van der Waals surface area (Å²) < 4.78 is 27.3. The number of carbonyl (C=O) groups excluding carboxylic acids is 1. The highest BCUT2D eigenvalue weighted by Gasteiger charge is 2.24. The van der Waals surface area contributed by atoms with Crippen LogP contribution in [0.15, 0.2) is 48.5 Å². The summed E-state index contributed by atoms with van der Waals surface area (Å²) in [6.45, 7) is 2.79. The van der Waals surface area contributed by atoms with Crippen LogP contribution in [0.2, 0.25) is 5.02 Å². The number of nitrogens with one attached hydrogen (secondary N) is 3. The third-order valence-electron chi connectivity index (χ3n) is 5.26. The lowest BCUT2D eigenvalue weighted by atomic mass is 9.88. The molecule has 1 aliphatic rings. The summed E-state index contributed by atoms with van der Waals surface area (Å²) in [5.41, 5.74) is 2.31. The minimum atomic E-state index is -3.68. The van der Waals surface area contributed by atoms with Crippen molar-refractivity contribution in [3.05, 3.63) is 59.1 Å². The maximum atomic E-state index is 12.3. The molecule has 1 saturated carbocycles. The fourth-order valence-electron chi connectivity index (χ4n) is 3.57. The van der Waals surface area contributed by atoms with Crippen LogP contribution in [0.4, 0.5) is 11.4 Å². The second-order valence-electron chi connectivity index (χ2n) is 7.92. The van der Waals surface area contributed by atoms with Crippen molar-refractivity contribution in [1.29, 1.82) is 0 Å². The minimum Gasteiger partial charge on any atom is -0.380 e. The molecular weight excluding hydrogens is 422 g/mol. The Morgan fingerprint density at radius 2 is 1.77 bits per heavy atom. The van der Waals surface area contributed by atoms with Gasteiger partial charge in [0.25, 0.3) is 0 Å². The van der Waals surface area contributed by atoms with Crippen molar-refractivity contribution in [2.24, 2.45) is 5.92 Å². The number of hydrogen-bond acceptors (Lipinski definition) is 4. The first kappa shape index (κ1) is 22.6. The summed E-state index contributed by atoms with van der Waals surface area (Å²) in [7, 11) is -3.68. The third kappa shape index (κ3) is 7.00. The highest BCUT2D eigenvalue weighted by molar-refractivity contribution is 7.90. The zero-order valence-corrected chi connectivity index (χ0v) is 18.6. The molecule has 3 N–H and O–H groups in total. The number of rotatable bonds is 8. The summed E-state index contributed by atoms with van der Waals surface area (Å²) in [4.78, 5) is 12.2. The Labute approximate surface area is 183 Å². The van der Waals surface area contributed by atoms with Crippen LogP contribution in [-0.4, -0.2) is 26.1 Å². The SMILES string of the molecule is CC1CCC(NS(=O)(=O)CC(=O)Nc2ccc(NCc3ccccc3)c(Cl)c2)CC1. The predicted molar refractivity (Wildman–Crippen MR) is 122 cm³/mol. The first-order valence-electron chi connectivity index (χ1n) is 10.2. The molecule has 0 atom stereocenters. The van der Waals surface area contributed by atoms with Crippen molar-refractivity contribution in [3.8, 4) is 0 Å². The van der Waals surface area contributed by atoms with Gasteiger partial charge in [0.05, 0.1) is 10.7 Å². The Morgan fingerprint density at radius 1 is 1.07 bits per heavy atom. The molecule has 30 heavy (non-hydrogen) atoms. The summed E-state index contributed by atoms with van der Waals surface area (Å²) >= 11 is 6.31. The van der Waals surface area contributed by atoms with Gasteiger partial charge in [-0.3, -0.25) is 4.79 Å². The monoisotopic (exact) mass is 449 g/mol. The van der Waals surface area contributed by atoms with E-state index in [1.807, 2.05) is 30.3 Å². The Bertz CT molecular complexity index is 959. The van der Waals surface area contributed by atoms with Crippen LogP contribution in [0.25, 0.3) is 0 Å². The minimum absolute atomic E-state index is 0.0802. The Morgan fingerprint density at radius 3 is 2.43 bits per heavy atom. The van der Waals surface area contributed by atoms with Crippen molar-refractivity contribution in [2.75, 3.05) is 16.4 Å². The molecular formula is C22H28ClN3O3S. The molecule has 0 aliphatic heterocycles. The van der Waals surface area contributed by atoms with E-state index in [-0.39, 0.29) is 6.04 Å². The number of carbonyl (C=O) groups is 1. The van der Waals surface area contributed by atoms with E-state index in [1.54, 1.807) is 18.2 Å². The van der Waals surface area contributed by atoms with E-state index in [4.69, 9.17) is 11.6 Å². The Kier molecular flexibility index (Phi) is 7.75. The second kappa shape index (κ2) is 10.3. The number of benzene rings is 2. The largest absolute Gasteiger partial charge is 0.380 e. The van der Waals surface area contributed by atoms with E-state index in [2.05, 4.69) is 22.3 Å². The Balaban J connectivity index is 1.51. The average molecular weight is 450 g/mol. The molecule has 2 aromatic carbocycles. The topological polar surface area (TPSA) is 87.3 Å². The van der Waals surface area contributed by atoms with E-state index in [0.717, 1.165) is 36.9 Å². The zero-order chi connectivity index (χ0) is 21.6. The highest BCUT2D eigenvalue weighted by atomic mass is 35.5. The van der Waals surface area contributed by atoms with Crippen LogP contribution in [0.5, 0.6) is 0 Å². The molecule has 3 rings (SSSR count). The van der Waals surface area contributed by atoms with Gasteiger partial charge in [0, 0.05) is 18.3 Å². The second-order valence-corrected chi connectivity index (χ2v) is 10.1. The van der Waals surface area contributed by atoms with Gasteiger partial charge in [0.2, 0.25) is 15.9 Å². The number of amides is 1. The average Bonchev–Trinajstić information content (AvgIpc) is 2.69. The van der Waals surface area contributed by atoms with Crippen LogP contribution < -0.4 is 15.4 Å². The van der Waals surface area contributed by atoms with Gasteiger partial charge in [-0.2, -0.15) is 0 Å². The summed E-state index contributed by atoms with van der Waals surface area (Å²) in [5, 5.41) is 6.31. The molecule has 0 bridgehead atoms. The molecule has 0 unspecified atom stereocenters. The molecule has 8 heteroatoms. The molecule has 0 spiro atoms. The normalized spacial score (nSPS) is 19.3. The van der Waals surface area contributed by atoms with Crippen LogP contribution in [-0.2, 0) is 21.4 Å². The van der Waals surface area contributed by atoms with Crippen molar-refractivity contribution in [1.82, 2.24) is 4.72 Å². The van der Waals surface area contributed by atoms with Crippen LogP contribution in [0.1, 0.15) is 38.2 Å². The molecule has 6 nitrogen and oxygen atoms in total. The van der Waals surface area contributed by atoms with Crippen molar-refractivity contribution < 1.29 is 13.2 Å². The summed E-state index contributed by atoms with van der Waals surface area (Å²) in [6, 6.07) is 14.9. The van der Waals surface area contributed by atoms with Crippen molar-refractivity contribution in [2.45, 2.75) is 45.2 Å². The van der Waals surface area contributed by atoms with Crippen molar-refractivity contribution >= 4 is 38.9 Å². The molecule has 0 heterocycles. The van der Waals surface area contributed by atoms with Gasteiger partial charge in [-0.25, -0.2) is 13.1 Å². The fraction of sp³-hybridized carbons (Fsp3) is 0.409. The molecule has 0 radical (unpaired) electrons. The molecule has 2 aromatic rings. The number of sulfonamides is 1. The van der Waals surface area contributed by atoms with Gasteiger partial charge in [-0.1, -0.05) is 48.9 Å². The van der Waals surface area contributed by atoms with E-state index in [0.29, 0.717) is 23.2 Å². The van der Waals surface area contributed by atoms with Gasteiger partial charge in [0.1, 0.15) is 5.75 Å². The summed E-state index contributed by atoms with van der Waals surface area (Å²) in [6.07, 6.45) is 3.63. The molecule has 1 aliphatic carbocycles. The zero-order valence-electron chi connectivity index (χ0n) is 17.0. The van der Waals surface area contributed by atoms with Gasteiger partial charge < -0.3 is 10.6 Å². The quantitative estimate of drug-likeness (QED) is 0.557. The number of halogens is 1. The Hall–Kier alpha value is -2.09. The lowest BCUT2D eigenvalue weighted by Gasteiger charge is -2.26. The fourth-order valence-corrected chi connectivity index (χ4v) is 5.06. The lowest BCUT2D eigenvalue weighted by Crippen LogP contribution is -2.41. The predicted octanol–water partition coefficient (Wildman–Crippen LogP) is 4.39. The molecule has 1 amide bonds. The van der Waals surface area contributed by atoms with Crippen LogP contribution in [0, 0.1) is 5.92 Å². The van der Waals surface area contributed by atoms with E-state index in [9.17, 15) is 13.2 Å². The molecule has 162 valence electrons. The van der Waals surface area contributed by atoms with Gasteiger partial charge in [-0.05, 0) is 55.4 Å². The first-order chi connectivity index (χ1) is 14.3. The number of hydrogen-bond donors (Lipinski definition) is 3. The highest BCUT2D eigenvalue weighted by Crippen LogP contribution is 2.26. The first-order valence-corrected chi connectivity index (χ1v) is 12.2. The smallest absolute Gasteiger partial charge is 0.240 e. The molecule has 0 aromatic heterocycles. The lowest BCUT2D eigenvalue weighted by molar-refractivity contribution is -0.113. The maximum absolute atomic E-state index is 12.3. The van der Waals surface area contributed by atoms with E-state index >= 15 is 0 Å². The summed E-state index contributed by atoms with van der Waals surface area (Å²) in [5.74, 6) is -0.568. The number of anilines is 2. The van der Waals surface area contributed by atoms with Gasteiger partial charge in [0.15, 0.2) is 0 Å². The van der Waals surface area contributed by atoms with Crippen LogP contribution >= 0.6 is 11.6 Å². The van der Waals surface area contributed by atoms with Crippen LogP contribution in [0.3, 0.4) is 0 Å². The maximum Gasteiger partial charge on any atom is 0.240 e. The standard InChI is InChI=1S/C22H28ClN3O3S/c1-16-7-9-18(10-8-16)26-30(28,29)15-22(27)25-19-11-12-21(20(23)13-19)24-14-17-5-3-2-4-6-17/h2-6,11-13,16,18,24,26H,7-10,14-15H2,1H3,(H,25,27). The van der Waals surface area contributed by atoms with E-state index < -0.39 is 21.7 Å².